The van der Waals surface area contributed by atoms with E-state index in [1.165, 1.54) is 6.26 Å². The molecule has 5 heteroatoms. The maximum absolute atomic E-state index is 11.7. The average Bonchev–Trinajstić information content (AvgIpc) is 2.65. The largest absolute Gasteiger partial charge is 0.432 e. The third-order valence-electron chi connectivity index (χ3n) is 2.48. The van der Waals surface area contributed by atoms with Gasteiger partial charge < -0.3 is 9.73 Å². The number of oxazole rings is 1. The van der Waals surface area contributed by atoms with Crippen LogP contribution in [0.15, 0.2) is 10.7 Å². The van der Waals surface area contributed by atoms with Gasteiger partial charge in [-0.15, -0.1) is 0 Å². The van der Waals surface area contributed by atoms with Gasteiger partial charge >= 0.3 is 6.01 Å². The summed E-state index contributed by atoms with van der Waals surface area (Å²) in [6.07, 6.45) is 4.63. The highest BCUT2D eigenvalue weighted by atomic mass is 16.4. The summed E-state index contributed by atoms with van der Waals surface area (Å²) in [5.74, 6) is -0.0587. The zero-order valence-electron chi connectivity index (χ0n) is 8.75. The number of aromatic nitrogens is 1. The lowest BCUT2D eigenvalue weighted by Gasteiger charge is -2.21. The smallest absolute Gasteiger partial charge is 0.301 e. The fourth-order valence-corrected chi connectivity index (χ4v) is 1.68. The highest BCUT2D eigenvalue weighted by molar-refractivity contribution is 5.93. The van der Waals surface area contributed by atoms with E-state index in [0.717, 1.165) is 31.5 Å². The minimum Gasteiger partial charge on any atom is -0.432 e. The van der Waals surface area contributed by atoms with Gasteiger partial charge in [-0.05, 0) is 26.3 Å². The summed E-state index contributed by atoms with van der Waals surface area (Å²) in [4.78, 5) is 15.7. The molecule has 0 saturated carbocycles. The lowest BCUT2D eigenvalue weighted by atomic mass is 10.0. The van der Waals surface area contributed by atoms with E-state index in [1.807, 2.05) is 6.92 Å². The zero-order chi connectivity index (χ0) is 10.7. The molecule has 0 bridgehead atoms. The summed E-state index contributed by atoms with van der Waals surface area (Å²) in [6, 6.07) is 0.177. The van der Waals surface area contributed by atoms with E-state index < -0.39 is 0 Å². The molecule has 0 unspecified atom stereocenters. The maximum Gasteiger partial charge on any atom is 0.301 e. The van der Waals surface area contributed by atoms with Crippen molar-refractivity contribution in [2.45, 2.75) is 32.2 Å². The number of carbonyl (C=O) groups excluding carboxylic acids is 1. The third-order valence-corrected chi connectivity index (χ3v) is 2.48. The quantitative estimate of drug-likeness (QED) is 0.764. The fraction of sp³-hybridized carbons (Fsp3) is 0.600. The van der Waals surface area contributed by atoms with Crippen molar-refractivity contribution in [1.82, 2.24) is 10.3 Å². The Balaban J connectivity index is 1.91. The molecule has 0 spiro atoms. The molecule has 15 heavy (non-hydrogen) atoms. The fourth-order valence-electron chi connectivity index (χ4n) is 1.68. The van der Waals surface area contributed by atoms with Crippen molar-refractivity contribution >= 4 is 11.9 Å². The Hall–Kier alpha value is -1.36. The molecule has 0 aliphatic carbocycles. The van der Waals surface area contributed by atoms with Crippen LogP contribution >= 0.6 is 0 Å². The van der Waals surface area contributed by atoms with E-state index in [-0.39, 0.29) is 18.0 Å². The van der Waals surface area contributed by atoms with E-state index in [2.05, 4.69) is 15.6 Å². The molecular formula is C10H15N3O2. The Morgan fingerprint density at radius 3 is 3.13 bits per heavy atom. The topological polar surface area (TPSA) is 67.2 Å². The summed E-state index contributed by atoms with van der Waals surface area (Å²) in [6.45, 7) is 2.72. The number of nitrogens with zero attached hydrogens (tertiary/aromatic N) is 1. The molecule has 0 aromatic carbocycles. The van der Waals surface area contributed by atoms with Crippen LogP contribution in [0, 0.1) is 6.92 Å². The molecule has 2 rings (SSSR count). The second-order valence-electron chi connectivity index (χ2n) is 3.79. The Labute approximate surface area is 88.3 Å². The van der Waals surface area contributed by atoms with Gasteiger partial charge in [-0.1, -0.05) is 6.42 Å². The second-order valence-corrected chi connectivity index (χ2v) is 3.79. The number of piperidine rings is 1. The number of carbonyl (C=O) groups is 1. The molecular weight excluding hydrogens is 194 g/mol. The van der Waals surface area contributed by atoms with Gasteiger partial charge in [0.2, 0.25) is 5.91 Å². The summed E-state index contributed by atoms with van der Waals surface area (Å²) >= 11 is 0. The molecule has 1 fully saturated rings. The van der Waals surface area contributed by atoms with E-state index in [9.17, 15) is 4.79 Å². The molecule has 1 aromatic rings. The van der Waals surface area contributed by atoms with Gasteiger partial charge in [0, 0.05) is 0 Å². The summed E-state index contributed by atoms with van der Waals surface area (Å²) < 4.78 is 5.05. The van der Waals surface area contributed by atoms with Crippen molar-refractivity contribution in [2.75, 3.05) is 11.9 Å². The summed E-state index contributed by atoms with van der Waals surface area (Å²) in [5.41, 5.74) is 0.766. The van der Waals surface area contributed by atoms with Gasteiger partial charge in [0.1, 0.15) is 6.26 Å². The van der Waals surface area contributed by atoms with Crippen LogP contribution in [0.1, 0.15) is 25.0 Å². The van der Waals surface area contributed by atoms with Crippen LogP contribution in [0.4, 0.5) is 6.01 Å². The van der Waals surface area contributed by atoms with Crippen LogP contribution in [0.25, 0.3) is 0 Å². The Morgan fingerprint density at radius 2 is 2.53 bits per heavy atom. The molecule has 1 aromatic heterocycles. The first-order valence-electron chi connectivity index (χ1n) is 5.22. The number of nitrogens with one attached hydrogen (secondary N) is 2. The second kappa shape index (κ2) is 4.44. The Morgan fingerprint density at radius 1 is 1.67 bits per heavy atom. The molecule has 5 nitrogen and oxygen atoms in total. The van der Waals surface area contributed by atoms with Gasteiger partial charge in [-0.25, -0.2) is 0 Å². The van der Waals surface area contributed by atoms with Crippen molar-refractivity contribution in [3.05, 3.63) is 12.0 Å². The SMILES string of the molecule is Cc1coc(NC(=O)[C@H]2CCCCN2)n1. The zero-order valence-corrected chi connectivity index (χ0v) is 8.75. The molecule has 1 saturated heterocycles. The van der Waals surface area contributed by atoms with Crippen LogP contribution in [0.2, 0.25) is 0 Å². The van der Waals surface area contributed by atoms with Gasteiger partial charge in [-0.3, -0.25) is 10.1 Å². The number of amides is 1. The molecule has 2 heterocycles. The van der Waals surface area contributed by atoms with Crippen molar-refractivity contribution in [3.63, 3.8) is 0 Å². The lowest BCUT2D eigenvalue weighted by Crippen LogP contribution is -2.43. The summed E-state index contributed by atoms with van der Waals surface area (Å²) in [7, 11) is 0. The first kappa shape index (κ1) is 10.2. The van der Waals surface area contributed by atoms with Crippen LogP contribution in [0.5, 0.6) is 0 Å². The highest BCUT2D eigenvalue weighted by Crippen LogP contribution is 2.11. The van der Waals surface area contributed by atoms with Crippen molar-refractivity contribution < 1.29 is 9.21 Å². The first-order chi connectivity index (χ1) is 7.25. The van der Waals surface area contributed by atoms with Gasteiger partial charge in [0.15, 0.2) is 0 Å². The predicted molar refractivity (Wildman–Crippen MR) is 55.5 cm³/mol. The minimum atomic E-state index is -0.106. The molecule has 2 N–H and O–H groups in total. The monoisotopic (exact) mass is 209 g/mol. The third kappa shape index (κ3) is 2.56. The number of anilines is 1. The highest BCUT2D eigenvalue weighted by Gasteiger charge is 2.21. The van der Waals surface area contributed by atoms with Gasteiger partial charge in [-0.2, -0.15) is 4.98 Å². The number of hydrogen-bond acceptors (Lipinski definition) is 4. The van der Waals surface area contributed by atoms with Crippen molar-refractivity contribution in [3.8, 4) is 0 Å². The molecule has 82 valence electrons. The van der Waals surface area contributed by atoms with Crippen LogP contribution < -0.4 is 10.6 Å². The van der Waals surface area contributed by atoms with Gasteiger partial charge in [0.25, 0.3) is 0 Å². The predicted octanol–water partition coefficient (Wildman–Crippen LogP) is 1.06. The Kier molecular flexibility index (Phi) is 3.01. The summed E-state index contributed by atoms with van der Waals surface area (Å²) in [5, 5.41) is 5.82. The molecule has 1 aliphatic rings. The standard InChI is InChI=1S/C10H15N3O2/c1-7-6-15-10(12-7)13-9(14)8-4-2-3-5-11-8/h6,8,11H,2-5H2,1H3,(H,12,13,14)/t8-/m1/s1. The lowest BCUT2D eigenvalue weighted by molar-refractivity contribution is -0.118. The first-order valence-corrected chi connectivity index (χ1v) is 5.22. The minimum absolute atomic E-state index is 0.0587. The maximum atomic E-state index is 11.7. The average molecular weight is 209 g/mol. The van der Waals surface area contributed by atoms with Crippen molar-refractivity contribution in [2.24, 2.45) is 0 Å². The van der Waals surface area contributed by atoms with Crippen LogP contribution in [-0.2, 0) is 4.79 Å². The number of aryl methyl sites for hydroxylation is 1. The van der Waals surface area contributed by atoms with E-state index in [4.69, 9.17) is 4.42 Å². The molecule has 1 amide bonds. The van der Waals surface area contributed by atoms with Crippen LogP contribution in [-0.4, -0.2) is 23.5 Å². The van der Waals surface area contributed by atoms with Crippen LogP contribution in [0.3, 0.4) is 0 Å². The van der Waals surface area contributed by atoms with Crippen molar-refractivity contribution in [1.29, 1.82) is 0 Å². The normalized spacial score (nSPS) is 21.3. The molecule has 0 radical (unpaired) electrons. The molecule has 1 aliphatic heterocycles. The molecule has 1 atom stereocenters. The van der Waals surface area contributed by atoms with E-state index >= 15 is 0 Å². The number of rotatable bonds is 2. The van der Waals surface area contributed by atoms with E-state index in [1.54, 1.807) is 0 Å². The Bertz CT molecular complexity index is 342. The van der Waals surface area contributed by atoms with E-state index in [0.29, 0.717) is 0 Å². The van der Waals surface area contributed by atoms with Gasteiger partial charge in [0.05, 0.1) is 11.7 Å². The number of hydrogen-bond donors (Lipinski definition) is 2.